The molecule has 1 aliphatic rings. The average molecular weight is 202 g/mol. The molecule has 0 aliphatic carbocycles. The van der Waals surface area contributed by atoms with Gasteiger partial charge in [-0.15, -0.1) is 0 Å². The van der Waals surface area contributed by atoms with Crippen molar-refractivity contribution < 1.29 is 0 Å². The fourth-order valence-corrected chi connectivity index (χ4v) is 2.79. The third-order valence-electron chi connectivity index (χ3n) is 2.53. The summed E-state index contributed by atoms with van der Waals surface area (Å²) in [6.45, 7) is 11.2. The van der Waals surface area contributed by atoms with Gasteiger partial charge in [0.15, 0.2) is 0 Å². The molecule has 0 spiro atoms. The molecule has 0 aromatic heterocycles. The Morgan fingerprint density at radius 2 is 2.23 bits per heavy atom. The third-order valence-corrected chi connectivity index (χ3v) is 3.67. The van der Waals surface area contributed by atoms with Crippen molar-refractivity contribution in [3.63, 3.8) is 0 Å². The Bertz CT molecular complexity index is 159. The van der Waals surface area contributed by atoms with Crippen LogP contribution in [0.5, 0.6) is 0 Å². The van der Waals surface area contributed by atoms with E-state index in [4.69, 9.17) is 5.73 Å². The maximum absolute atomic E-state index is 5.73. The summed E-state index contributed by atoms with van der Waals surface area (Å²) in [6, 6.07) is 0. The van der Waals surface area contributed by atoms with Crippen molar-refractivity contribution in [3.05, 3.63) is 0 Å². The molecule has 1 saturated heterocycles. The monoisotopic (exact) mass is 202 g/mol. The molecule has 78 valence electrons. The van der Waals surface area contributed by atoms with E-state index in [0.29, 0.717) is 0 Å². The maximum Gasteiger partial charge on any atom is 0.0147 e. The predicted octanol–water partition coefficient (Wildman–Crippen LogP) is 1.41. The van der Waals surface area contributed by atoms with Gasteiger partial charge in [-0.1, -0.05) is 20.8 Å². The molecule has 0 bridgehead atoms. The van der Waals surface area contributed by atoms with Gasteiger partial charge in [0.25, 0.3) is 0 Å². The van der Waals surface area contributed by atoms with Crippen molar-refractivity contribution in [2.75, 3.05) is 31.9 Å². The van der Waals surface area contributed by atoms with E-state index in [9.17, 15) is 0 Å². The molecule has 13 heavy (non-hydrogen) atoms. The van der Waals surface area contributed by atoms with Gasteiger partial charge in [0, 0.05) is 30.6 Å². The van der Waals surface area contributed by atoms with Crippen molar-refractivity contribution in [1.82, 2.24) is 4.90 Å². The van der Waals surface area contributed by atoms with Crippen LogP contribution in [0.2, 0.25) is 0 Å². The molecule has 1 fully saturated rings. The molecule has 0 aromatic carbocycles. The van der Waals surface area contributed by atoms with Crippen LogP contribution in [0, 0.1) is 5.41 Å². The second-order valence-electron chi connectivity index (χ2n) is 4.78. The van der Waals surface area contributed by atoms with Crippen LogP contribution in [0.4, 0.5) is 0 Å². The number of nitrogens with zero attached hydrogens (tertiary/aromatic N) is 1. The Morgan fingerprint density at radius 1 is 1.54 bits per heavy atom. The first-order chi connectivity index (χ1) is 6.03. The van der Waals surface area contributed by atoms with Gasteiger partial charge in [0.05, 0.1) is 0 Å². The summed E-state index contributed by atoms with van der Waals surface area (Å²) in [4.78, 5) is 2.55. The lowest BCUT2D eigenvalue weighted by Gasteiger charge is -2.36. The molecule has 1 rings (SSSR count). The molecule has 3 heteroatoms. The molecular formula is C10H22N2S. The molecule has 2 nitrogen and oxygen atoms in total. The normalized spacial score (nSPS) is 26.3. The van der Waals surface area contributed by atoms with E-state index in [1.165, 1.54) is 18.8 Å². The van der Waals surface area contributed by atoms with Crippen LogP contribution in [-0.2, 0) is 0 Å². The number of nitrogens with two attached hydrogens (primary N) is 1. The van der Waals surface area contributed by atoms with Gasteiger partial charge < -0.3 is 10.6 Å². The smallest absolute Gasteiger partial charge is 0.0147 e. The van der Waals surface area contributed by atoms with E-state index in [-0.39, 0.29) is 5.41 Å². The Labute approximate surface area is 86.2 Å². The fourth-order valence-electron chi connectivity index (χ4n) is 1.70. The molecule has 1 atom stereocenters. The highest BCUT2D eigenvalue weighted by Crippen LogP contribution is 2.22. The Hall–Kier alpha value is 0.270. The van der Waals surface area contributed by atoms with E-state index in [0.717, 1.165) is 18.3 Å². The number of thioether (sulfide) groups is 1. The largest absolute Gasteiger partial charge is 0.330 e. The van der Waals surface area contributed by atoms with E-state index in [1.807, 2.05) is 0 Å². The van der Waals surface area contributed by atoms with Crippen LogP contribution in [-0.4, -0.2) is 42.1 Å². The van der Waals surface area contributed by atoms with E-state index in [1.54, 1.807) is 0 Å². The van der Waals surface area contributed by atoms with Crippen molar-refractivity contribution in [2.45, 2.75) is 26.0 Å². The Balaban J connectivity index is 2.35. The van der Waals surface area contributed by atoms with Gasteiger partial charge in [-0.2, -0.15) is 11.8 Å². The summed E-state index contributed by atoms with van der Waals surface area (Å²) in [6.07, 6.45) is 0. The molecule has 0 radical (unpaired) electrons. The van der Waals surface area contributed by atoms with E-state index >= 15 is 0 Å². The number of hydrogen-bond donors (Lipinski definition) is 1. The van der Waals surface area contributed by atoms with Gasteiger partial charge in [-0.05, 0) is 12.0 Å². The minimum atomic E-state index is 0.279. The number of rotatable bonds is 3. The zero-order valence-corrected chi connectivity index (χ0v) is 9.86. The van der Waals surface area contributed by atoms with Crippen LogP contribution in [0.3, 0.4) is 0 Å². The third kappa shape index (κ3) is 3.88. The molecule has 2 N–H and O–H groups in total. The first kappa shape index (κ1) is 11.3. The minimum Gasteiger partial charge on any atom is -0.330 e. The molecule has 0 amide bonds. The molecule has 1 unspecified atom stereocenters. The minimum absolute atomic E-state index is 0.279. The molecule has 1 heterocycles. The van der Waals surface area contributed by atoms with Crippen molar-refractivity contribution >= 4 is 11.8 Å². The maximum atomic E-state index is 5.73. The summed E-state index contributed by atoms with van der Waals surface area (Å²) >= 11 is 2.08. The standard InChI is InChI=1S/C10H22N2S/c1-9-6-12(4-5-13-9)8-10(2,3)7-11/h9H,4-8,11H2,1-3H3. The zero-order valence-electron chi connectivity index (χ0n) is 9.05. The average Bonchev–Trinajstić information content (AvgIpc) is 2.03. The Kier molecular flexibility index (Phi) is 4.07. The summed E-state index contributed by atoms with van der Waals surface area (Å²) in [5.74, 6) is 1.28. The van der Waals surface area contributed by atoms with Crippen LogP contribution in [0.15, 0.2) is 0 Å². The molecule has 0 saturated carbocycles. The quantitative estimate of drug-likeness (QED) is 0.750. The lowest BCUT2D eigenvalue weighted by Crippen LogP contribution is -2.44. The first-order valence-corrected chi connectivity index (χ1v) is 6.12. The first-order valence-electron chi connectivity index (χ1n) is 5.07. The van der Waals surface area contributed by atoms with Crippen LogP contribution in [0.1, 0.15) is 20.8 Å². The SMILES string of the molecule is CC1CN(CC(C)(C)CN)CCS1. The second-order valence-corrected chi connectivity index (χ2v) is 6.33. The zero-order chi connectivity index (χ0) is 9.90. The second kappa shape index (κ2) is 4.67. The number of hydrogen-bond acceptors (Lipinski definition) is 3. The van der Waals surface area contributed by atoms with Gasteiger partial charge in [0.2, 0.25) is 0 Å². The van der Waals surface area contributed by atoms with Crippen LogP contribution in [0.25, 0.3) is 0 Å². The highest BCUT2D eigenvalue weighted by atomic mass is 32.2. The van der Waals surface area contributed by atoms with Gasteiger partial charge in [-0.3, -0.25) is 0 Å². The highest BCUT2D eigenvalue weighted by molar-refractivity contribution is 7.99. The van der Waals surface area contributed by atoms with Crippen molar-refractivity contribution in [2.24, 2.45) is 11.1 Å². The van der Waals surface area contributed by atoms with Gasteiger partial charge >= 0.3 is 0 Å². The van der Waals surface area contributed by atoms with Gasteiger partial charge in [-0.25, -0.2) is 0 Å². The van der Waals surface area contributed by atoms with Crippen LogP contribution < -0.4 is 5.73 Å². The lowest BCUT2D eigenvalue weighted by molar-refractivity contribution is 0.189. The van der Waals surface area contributed by atoms with Crippen molar-refractivity contribution in [1.29, 1.82) is 0 Å². The summed E-state index contributed by atoms with van der Waals surface area (Å²) in [5.41, 5.74) is 6.01. The fraction of sp³-hybridized carbons (Fsp3) is 1.00. The van der Waals surface area contributed by atoms with Crippen LogP contribution >= 0.6 is 11.8 Å². The summed E-state index contributed by atoms with van der Waals surface area (Å²) < 4.78 is 0. The predicted molar refractivity (Wildman–Crippen MR) is 61.2 cm³/mol. The lowest BCUT2D eigenvalue weighted by atomic mass is 9.93. The molecule has 1 aliphatic heterocycles. The van der Waals surface area contributed by atoms with E-state index < -0.39 is 0 Å². The Morgan fingerprint density at radius 3 is 2.77 bits per heavy atom. The van der Waals surface area contributed by atoms with Gasteiger partial charge in [0.1, 0.15) is 0 Å². The summed E-state index contributed by atoms with van der Waals surface area (Å²) in [5, 5.41) is 0.794. The highest BCUT2D eigenvalue weighted by Gasteiger charge is 2.23. The molecular weight excluding hydrogens is 180 g/mol. The molecule has 0 aromatic rings. The van der Waals surface area contributed by atoms with Crippen molar-refractivity contribution in [3.8, 4) is 0 Å². The summed E-state index contributed by atoms with van der Waals surface area (Å²) in [7, 11) is 0. The topological polar surface area (TPSA) is 29.3 Å². The van der Waals surface area contributed by atoms with E-state index in [2.05, 4.69) is 37.4 Å².